The largest absolute Gasteiger partial charge is 0.331 e. The van der Waals surface area contributed by atoms with Gasteiger partial charge in [0.25, 0.3) is 0 Å². The Morgan fingerprint density at radius 3 is 2.58 bits per heavy atom. The van der Waals surface area contributed by atoms with Crippen molar-refractivity contribution in [3.05, 3.63) is 77.2 Å². The van der Waals surface area contributed by atoms with Crippen molar-refractivity contribution in [3.63, 3.8) is 0 Å². The van der Waals surface area contributed by atoms with Gasteiger partial charge in [0.05, 0.1) is 18.3 Å². The quantitative estimate of drug-likeness (QED) is 0.439. The average molecular weight is 468 g/mol. The van der Waals surface area contributed by atoms with E-state index in [-0.39, 0.29) is 24.4 Å². The van der Waals surface area contributed by atoms with Crippen LogP contribution in [0.3, 0.4) is 0 Å². The molecule has 0 aliphatic rings. The minimum Gasteiger partial charge on any atom is -0.331 e. The first-order chi connectivity index (χ1) is 15.9. The van der Waals surface area contributed by atoms with Crippen molar-refractivity contribution < 1.29 is 4.79 Å². The number of rotatable bonds is 11. The van der Waals surface area contributed by atoms with Crippen molar-refractivity contribution in [1.29, 1.82) is 0 Å². The Morgan fingerprint density at radius 1 is 1.18 bits per heavy atom. The summed E-state index contributed by atoms with van der Waals surface area (Å²) in [6.45, 7) is 6.32. The number of imidazole rings is 1. The van der Waals surface area contributed by atoms with E-state index in [2.05, 4.69) is 42.1 Å². The molecule has 33 heavy (non-hydrogen) atoms. The van der Waals surface area contributed by atoms with Gasteiger partial charge in [-0.25, -0.2) is 4.98 Å². The minimum absolute atomic E-state index is 0.0446. The van der Waals surface area contributed by atoms with E-state index in [4.69, 9.17) is 22.3 Å². The first-order valence-corrected chi connectivity index (χ1v) is 11.8. The number of halogens is 1. The summed E-state index contributed by atoms with van der Waals surface area (Å²) in [5, 5.41) is 3.66. The zero-order valence-corrected chi connectivity index (χ0v) is 20.4. The first kappa shape index (κ1) is 25.0. The van der Waals surface area contributed by atoms with E-state index >= 15 is 0 Å². The Hall–Kier alpha value is -2.67. The van der Waals surface area contributed by atoms with Gasteiger partial charge >= 0.3 is 0 Å². The van der Waals surface area contributed by atoms with Crippen molar-refractivity contribution >= 4 is 17.5 Å². The molecular weight excluding hydrogens is 434 g/mol. The lowest BCUT2D eigenvalue weighted by atomic mass is 10.0. The van der Waals surface area contributed by atoms with Gasteiger partial charge in [0, 0.05) is 29.9 Å². The van der Waals surface area contributed by atoms with Gasteiger partial charge in [-0.3, -0.25) is 4.79 Å². The third-order valence-corrected chi connectivity index (χ3v) is 5.84. The van der Waals surface area contributed by atoms with Crippen LogP contribution in [-0.4, -0.2) is 47.0 Å². The number of carbonyl (C=O) groups is 1. The van der Waals surface area contributed by atoms with Gasteiger partial charge in [-0.15, -0.1) is 0 Å². The summed E-state index contributed by atoms with van der Waals surface area (Å²) < 4.78 is 2.17. The Kier molecular flexibility index (Phi) is 9.06. The van der Waals surface area contributed by atoms with Crippen LogP contribution in [0.15, 0.2) is 60.8 Å². The smallest absolute Gasteiger partial charge is 0.237 e. The summed E-state index contributed by atoms with van der Waals surface area (Å²) in [4.78, 5) is 20.1. The fraction of sp³-hybridized carbons (Fsp3) is 0.385. The highest BCUT2D eigenvalue weighted by atomic mass is 35.5. The molecule has 1 aromatic heterocycles. The highest BCUT2D eigenvalue weighted by Gasteiger charge is 2.31. The molecule has 176 valence electrons. The van der Waals surface area contributed by atoms with Gasteiger partial charge in [-0.1, -0.05) is 67.9 Å². The molecule has 0 aliphatic carbocycles. The van der Waals surface area contributed by atoms with E-state index in [1.807, 2.05) is 47.4 Å². The Bertz CT molecular complexity index is 1030. The highest BCUT2D eigenvalue weighted by Crippen LogP contribution is 2.32. The van der Waals surface area contributed by atoms with Crippen molar-refractivity contribution in [2.75, 3.05) is 26.7 Å². The molecule has 7 heteroatoms. The summed E-state index contributed by atoms with van der Waals surface area (Å²) in [7, 11) is 1.79. The minimum atomic E-state index is -0.186. The SMILES string of the molecule is CNCC(=O)N(CCCN)[C@@H](c1nc(-c2cccc(Cl)c2)cn1Cc1ccccc1)C(C)C. The number of nitrogens with zero attached hydrogens (tertiary/aromatic N) is 3. The van der Waals surface area contributed by atoms with Crippen LogP contribution in [0.4, 0.5) is 0 Å². The van der Waals surface area contributed by atoms with Crippen molar-refractivity contribution in [2.45, 2.75) is 32.9 Å². The van der Waals surface area contributed by atoms with Gasteiger partial charge in [0.2, 0.25) is 5.91 Å². The third kappa shape index (κ3) is 6.44. The van der Waals surface area contributed by atoms with E-state index in [0.717, 1.165) is 23.5 Å². The standard InChI is InChI=1S/C26H34ClN5O/c1-19(2)25(32(14-8-13-28)24(33)16-29-3)26-30-23(21-11-7-12-22(27)15-21)18-31(26)17-20-9-5-4-6-10-20/h4-7,9-12,15,18-19,25,29H,8,13-14,16-17,28H2,1-3H3/t25-/m1/s1. The molecule has 3 rings (SSSR count). The van der Waals surface area contributed by atoms with Crippen LogP contribution in [0.2, 0.25) is 5.02 Å². The summed E-state index contributed by atoms with van der Waals surface area (Å²) in [6, 6.07) is 17.8. The summed E-state index contributed by atoms with van der Waals surface area (Å²) in [5.41, 5.74) is 8.77. The maximum Gasteiger partial charge on any atom is 0.237 e. The molecule has 0 bridgehead atoms. The number of hydrogen-bond acceptors (Lipinski definition) is 4. The predicted octanol–water partition coefficient (Wildman–Crippen LogP) is 4.35. The van der Waals surface area contributed by atoms with Crippen molar-refractivity contribution in [2.24, 2.45) is 11.7 Å². The number of aromatic nitrogens is 2. The van der Waals surface area contributed by atoms with Crippen LogP contribution in [0.1, 0.15) is 37.7 Å². The van der Waals surface area contributed by atoms with Crippen LogP contribution >= 0.6 is 11.6 Å². The second-order valence-corrected chi connectivity index (χ2v) is 8.99. The molecule has 0 unspecified atom stereocenters. The molecule has 0 fully saturated rings. The van der Waals surface area contributed by atoms with Gasteiger partial charge in [-0.05, 0) is 43.6 Å². The van der Waals surface area contributed by atoms with Crippen molar-refractivity contribution in [1.82, 2.24) is 19.8 Å². The number of carbonyl (C=O) groups excluding carboxylic acids is 1. The topological polar surface area (TPSA) is 76.2 Å². The second kappa shape index (κ2) is 12.0. The third-order valence-electron chi connectivity index (χ3n) is 5.61. The number of amides is 1. The zero-order valence-electron chi connectivity index (χ0n) is 19.7. The highest BCUT2D eigenvalue weighted by molar-refractivity contribution is 6.30. The molecule has 0 spiro atoms. The molecule has 6 nitrogen and oxygen atoms in total. The molecule has 0 radical (unpaired) electrons. The lowest BCUT2D eigenvalue weighted by molar-refractivity contribution is -0.134. The second-order valence-electron chi connectivity index (χ2n) is 8.56. The maximum absolute atomic E-state index is 13.1. The van der Waals surface area contributed by atoms with Crippen LogP contribution in [0.25, 0.3) is 11.3 Å². The van der Waals surface area contributed by atoms with Gasteiger partial charge < -0.3 is 20.5 Å². The van der Waals surface area contributed by atoms with E-state index < -0.39 is 0 Å². The van der Waals surface area contributed by atoms with Gasteiger partial charge in [0.1, 0.15) is 5.82 Å². The first-order valence-electron chi connectivity index (χ1n) is 11.5. The number of nitrogens with one attached hydrogen (secondary N) is 1. The summed E-state index contributed by atoms with van der Waals surface area (Å²) in [5.74, 6) is 1.07. The summed E-state index contributed by atoms with van der Waals surface area (Å²) in [6.07, 6.45) is 2.80. The van der Waals surface area contributed by atoms with E-state index in [9.17, 15) is 4.79 Å². The fourth-order valence-corrected chi connectivity index (χ4v) is 4.28. The molecule has 2 aromatic carbocycles. The normalized spacial score (nSPS) is 12.2. The lowest BCUT2D eigenvalue weighted by Crippen LogP contribution is -2.43. The maximum atomic E-state index is 13.1. The monoisotopic (exact) mass is 467 g/mol. The predicted molar refractivity (Wildman–Crippen MR) is 135 cm³/mol. The summed E-state index contributed by atoms with van der Waals surface area (Å²) >= 11 is 6.26. The number of likely N-dealkylation sites (N-methyl/N-ethyl adjacent to an activating group) is 1. The molecule has 1 amide bonds. The molecule has 0 saturated carbocycles. The average Bonchev–Trinajstić information content (AvgIpc) is 3.20. The van der Waals surface area contributed by atoms with E-state index in [1.165, 1.54) is 5.56 Å². The Labute approximate surface area is 201 Å². The number of hydrogen-bond donors (Lipinski definition) is 2. The molecule has 1 atom stereocenters. The van der Waals surface area contributed by atoms with Crippen molar-refractivity contribution in [3.8, 4) is 11.3 Å². The number of nitrogens with two attached hydrogens (primary N) is 1. The zero-order chi connectivity index (χ0) is 23.8. The lowest BCUT2D eigenvalue weighted by Gasteiger charge is -2.34. The van der Waals surface area contributed by atoms with Crippen LogP contribution in [-0.2, 0) is 11.3 Å². The molecular formula is C26H34ClN5O. The van der Waals surface area contributed by atoms with Gasteiger partial charge in [-0.2, -0.15) is 0 Å². The molecule has 0 aliphatic heterocycles. The van der Waals surface area contributed by atoms with E-state index in [1.54, 1.807) is 7.05 Å². The Morgan fingerprint density at radius 2 is 1.94 bits per heavy atom. The van der Waals surface area contributed by atoms with E-state index in [0.29, 0.717) is 24.7 Å². The van der Waals surface area contributed by atoms with Crippen LogP contribution < -0.4 is 11.1 Å². The Balaban J connectivity index is 2.11. The van der Waals surface area contributed by atoms with Crippen LogP contribution in [0.5, 0.6) is 0 Å². The van der Waals surface area contributed by atoms with Crippen LogP contribution in [0, 0.1) is 5.92 Å². The van der Waals surface area contributed by atoms with Gasteiger partial charge in [0.15, 0.2) is 0 Å². The molecule has 1 heterocycles. The molecule has 0 saturated heterocycles. The fourth-order valence-electron chi connectivity index (χ4n) is 4.09. The number of benzene rings is 2. The molecule has 3 aromatic rings. The molecule has 3 N–H and O–H groups in total.